The maximum Gasteiger partial charge on any atom is 0.333 e. The van der Waals surface area contributed by atoms with E-state index < -0.39 is 6.03 Å². The van der Waals surface area contributed by atoms with Crippen LogP contribution in [0.4, 0.5) is 10.5 Å². The van der Waals surface area contributed by atoms with Crippen molar-refractivity contribution in [2.75, 3.05) is 5.32 Å². The van der Waals surface area contributed by atoms with Gasteiger partial charge in [0.25, 0.3) is 0 Å². The van der Waals surface area contributed by atoms with Gasteiger partial charge in [-0.25, -0.2) is 10.6 Å². The van der Waals surface area contributed by atoms with E-state index in [1.807, 2.05) is 5.43 Å². The van der Waals surface area contributed by atoms with Gasteiger partial charge in [-0.15, -0.1) is 0 Å². The Bertz CT molecular complexity index is 255. The van der Waals surface area contributed by atoms with Gasteiger partial charge >= 0.3 is 6.03 Å². The van der Waals surface area contributed by atoms with Crippen LogP contribution in [0.1, 0.15) is 0 Å². The number of aryl methyl sites for hydroxylation is 1. The van der Waals surface area contributed by atoms with E-state index in [0.717, 1.165) is 0 Å². The minimum atomic E-state index is -0.460. The van der Waals surface area contributed by atoms with Crippen LogP contribution in [0.15, 0.2) is 12.4 Å². The van der Waals surface area contributed by atoms with E-state index in [-0.39, 0.29) is 0 Å². The Morgan fingerprint density at radius 3 is 3.00 bits per heavy atom. The summed E-state index contributed by atoms with van der Waals surface area (Å²) in [5, 5.41) is 6.29. The van der Waals surface area contributed by atoms with Crippen LogP contribution in [0.25, 0.3) is 0 Å². The number of nitrogens with zero attached hydrogens (tertiary/aromatic N) is 2. The van der Waals surface area contributed by atoms with Gasteiger partial charge in [-0.05, 0) is 0 Å². The first kappa shape index (κ1) is 7.55. The van der Waals surface area contributed by atoms with Crippen molar-refractivity contribution >= 4 is 11.7 Å². The Hall–Kier alpha value is -1.56. The first-order chi connectivity index (χ1) is 5.22. The van der Waals surface area contributed by atoms with E-state index in [2.05, 4.69) is 10.4 Å². The van der Waals surface area contributed by atoms with Crippen molar-refractivity contribution in [1.82, 2.24) is 15.2 Å². The molecule has 60 valence electrons. The molecular weight excluding hydrogens is 146 g/mol. The predicted octanol–water partition coefficient (Wildman–Crippen LogP) is -0.585. The van der Waals surface area contributed by atoms with Crippen molar-refractivity contribution in [3.63, 3.8) is 0 Å². The molecule has 6 nitrogen and oxygen atoms in total. The third-order valence-electron chi connectivity index (χ3n) is 1.09. The number of hydrogen-bond acceptors (Lipinski definition) is 3. The number of nitrogens with one attached hydrogen (secondary N) is 2. The molecule has 0 saturated heterocycles. The van der Waals surface area contributed by atoms with Crippen molar-refractivity contribution in [1.29, 1.82) is 0 Å². The minimum absolute atomic E-state index is 0.460. The number of hydrogen-bond donors (Lipinski definition) is 3. The molecule has 0 aliphatic carbocycles. The van der Waals surface area contributed by atoms with Gasteiger partial charge in [0.15, 0.2) is 0 Å². The van der Waals surface area contributed by atoms with Gasteiger partial charge < -0.3 is 5.32 Å². The van der Waals surface area contributed by atoms with Crippen LogP contribution >= 0.6 is 0 Å². The first-order valence-corrected chi connectivity index (χ1v) is 2.98. The molecule has 1 aromatic heterocycles. The number of nitrogens with two attached hydrogens (primary N) is 1. The summed E-state index contributed by atoms with van der Waals surface area (Å²) in [6, 6.07) is -0.460. The Balaban J connectivity index is 2.57. The molecular formula is C5H9N5O. The van der Waals surface area contributed by atoms with Crippen LogP contribution in [0.2, 0.25) is 0 Å². The number of carbonyl (C=O) groups excluding carboxylic acids is 1. The van der Waals surface area contributed by atoms with Crippen molar-refractivity contribution in [2.24, 2.45) is 12.9 Å². The fourth-order valence-electron chi connectivity index (χ4n) is 0.653. The number of anilines is 1. The van der Waals surface area contributed by atoms with E-state index >= 15 is 0 Å². The second-order valence-corrected chi connectivity index (χ2v) is 2.00. The molecule has 0 fully saturated rings. The first-order valence-electron chi connectivity index (χ1n) is 2.98. The number of hydrazine groups is 1. The summed E-state index contributed by atoms with van der Waals surface area (Å²) >= 11 is 0. The Kier molecular flexibility index (Phi) is 2.07. The molecule has 4 N–H and O–H groups in total. The van der Waals surface area contributed by atoms with Crippen molar-refractivity contribution in [2.45, 2.75) is 0 Å². The highest BCUT2D eigenvalue weighted by Crippen LogP contribution is 2.01. The second-order valence-electron chi connectivity index (χ2n) is 2.00. The summed E-state index contributed by atoms with van der Waals surface area (Å²) in [4.78, 5) is 10.6. The zero-order valence-electron chi connectivity index (χ0n) is 6.03. The van der Waals surface area contributed by atoms with Crippen LogP contribution in [0.3, 0.4) is 0 Å². The van der Waals surface area contributed by atoms with Gasteiger partial charge in [0, 0.05) is 13.2 Å². The Morgan fingerprint density at radius 2 is 2.55 bits per heavy atom. The summed E-state index contributed by atoms with van der Waals surface area (Å²) in [5.74, 6) is 4.84. The third kappa shape index (κ3) is 1.94. The molecule has 2 amide bonds. The molecule has 0 aliphatic rings. The van der Waals surface area contributed by atoms with E-state index in [0.29, 0.717) is 5.69 Å². The monoisotopic (exact) mass is 155 g/mol. The van der Waals surface area contributed by atoms with Crippen molar-refractivity contribution < 1.29 is 4.79 Å². The van der Waals surface area contributed by atoms with E-state index in [9.17, 15) is 4.79 Å². The van der Waals surface area contributed by atoms with Crippen LogP contribution in [0.5, 0.6) is 0 Å². The van der Waals surface area contributed by atoms with Crippen molar-refractivity contribution in [3.05, 3.63) is 12.4 Å². The van der Waals surface area contributed by atoms with E-state index in [1.54, 1.807) is 17.9 Å². The van der Waals surface area contributed by atoms with Gasteiger partial charge in [0.1, 0.15) is 0 Å². The summed E-state index contributed by atoms with van der Waals surface area (Å²) in [5.41, 5.74) is 2.54. The molecule has 1 aromatic rings. The lowest BCUT2D eigenvalue weighted by atomic mass is 10.6. The molecule has 0 aliphatic heterocycles. The van der Waals surface area contributed by atoms with Crippen LogP contribution in [-0.2, 0) is 7.05 Å². The zero-order chi connectivity index (χ0) is 8.27. The summed E-state index contributed by atoms with van der Waals surface area (Å²) in [6.07, 6.45) is 3.18. The van der Waals surface area contributed by atoms with Crippen LogP contribution < -0.4 is 16.6 Å². The van der Waals surface area contributed by atoms with Gasteiger partial charge in [0.05, 0.1) is 11.9 Å². The summed E-state index contributed by atoms with van der Waals surface area (Å²) in [7, 11) is 1.76. The molecule has 0 saturated carbocycles. The number of rotatable bonds is 1. The lowest BCUT2D eigenvalue weighted by Gasteiger charge is -1.97. The Labute approximate surface area is 63.3 Å². The molecule has 0 radical (unpaired) electrons. The predicted molar refractivity (Wildman–Crippen MR) is 39.5 cm³/mol. The Morgan fingerprint density at radius 1 is 1.82 bits per heavy atom. The number of carbonyl (C=O) groups is 1. The average Bonchev–Trinajstić information content (AvgIpc) is 2.35. The average molecular weight is 155 g/mol. The molecule has 0 atom stereocenters. The molecule has 11 heavy (non-hydrogen) atoms. The summed E-state index contributed by atoms with van der Waals surface area (Å²) < 4.78 is 1.58. The zero-order valence-corrected chi connectivity index (χ0v) is 6.03. The lowest BCUT2D eigenvalue weighted by Crippen LogP contribution is -2.34. The van der Waals surface area contributed by atoms with Gasteiger partial charge in [-0.3, -0.25) is 10.1 Å². The standard InChI is InChI=1S/C5H9N5O/c1-10-3-4(2-7-10)8-5(11)9-6/h2-3H,6H2,1H3,(H2,8,9,11). The largest absolute Gasteiger partial charge is 0.333 e. The quantitative estimate of drug-likeness (QED) is 0.288. The molecule has 0 spiro atoms. The minimum Gasteiger partial charge on any atom is -0.304 e. The van der Waals surface area contributed by atoms with Crippen LogP contribution in [0, 0.1) is 0 Å². The van der Waals surface area contributed by atoms with Crippen LogP contribution in [-0.4, -0.2) is 15.8 Å². The smallest absolute Gasteiger partial charge is 0.304 e. The highest BCUT2D eigenvalue weighted by Gasteiger charge is 1.98. The highest BCUT2D eigenvalue weighted by atomic mass is 16.2. The maximum absolute atomic E-state index is 10.6. The maximum atomic E-state index is 10.6. The van der Waals surface area contributed by atoms with Crippen molar-refractivity contribution in [3.8, 4) is 0 Å². The molecule has 1 heterocycles. The van der Waals surface area contributed by atoms with Gasteiger partial charge in [-0.1, -0.05) is 0 Å². The topological polar surface area (TPSA) is 85.0 Å². The van der Waals surface area contributed by atoms with E-state index in [4.69, 9.17) is 5.84 Å². The number of aromatic nitrogens is 2. The highest BCUT2D eigenvalue weighted by molar-refractivity contribution is 5.88. The summed E-state index contributed by atoms with van der Waals surface area (Å²) in [6.45, 7) is 0. The third-order valence-corrected chi connectivity index (χ3v) is 1.09. The molecule has 6 heteroatoms. The molecule has 1 rings (SSSR count). The second kappa shape index (κ2) is 3.02. The fourth-order valence-corrected chi connectivity index (χ4v) is 0.653. The lowest BCUT2D eigenvalue weighted by molar-refractivity contribution is 0.252. The van der Waals surface area contributed by atoms with E-state index in [1.165, 1.54) is 6.20 Å². The molecule has 0 bridgehead atoms. The number of urea groups is 1. The van der Waals surface area contributed by atoms with Gasteiger partial charge in [-0.2, -0.15) is 5.10 Å². The normalized spacial score (nSPS) is 9.27. The van der Waals surface area contributed by atoms with Gasteiger partial charge in [0.2, 0.25) is 0 Å². The number of amides is 2. The molecule has 0 aromatic carbocycles. The SMILES string of the molecule is Cn1cc(NC(=O)NN)cn1. The fraction of sp³-hybridized carbons (Fsp3) is 0.200. The molecule has 0 unspecified atom stereocenters.